The monoisotopic (exact) mass is 335 g/mol. The van der Waals surface area contributed by atoms with Crippen LogP contribution in [0.1, 0.15) is 38.5 Å². The van der Waals surface area contributed by atoms with Gasteiger partial charge < -0.3 is 15.8 Å². The third kappa shape index (κ3) is 2.45. The summed E-state index contributed by atoms with van der Waals surface area (Å²) in [5.74, 6) is -1.16. The molecule has 6 atom stereocenters. The SMILES string of the molecule is NCC1CCCCC1NC(=O)CN1C(=O)C2C3CCC(O3)C2C1=O. The zero-order valence-corrected chi connectivity index (χ0v) is 13.8. The Morgan fingerprint density at radius 2 is 1.71 bits per heavy atom. The molecule has 3 heterocycles. The first-order valence-electron chi connectivity index (χ1n) is 9.10. The van der Waals surface area contributed by atoms with Gasteiger partial charge in [0.15, 0.2) is 0 Å². The number of nitrogens with zero attached hydrogens (tertiary/aromatic N) is 1. The molecule has 0 radical (unpaired) electrons. The summed E-state index contributed by atoms with van der Waals surface area (Å²) in [5.41, 5.74) is 5.79. The molecule has 3 saturated heterocycles. The van der Waals surface area contributed by atoms with Crippen LogP contribution in [-0.2, 0) is 19.1 Å². The van der Waals surface area contributed by atoms with Crippen LogP contribution in [0.2, 0.25) is 0 Å². The standard InChI is InChI=1S/C17H25N3O4/c18-7-9-3-1-2-4-10(9)19-13(21)8-20-16(22)14-11-5-6-12(24-11)15(14)17(20)23/h9-12,14-15H,1-8,18H2,(H,19,21). The molecule has 7 nitrogen and oxygen atoms in total. The molecule has 132 valence electrons. The number of imide groups is 1. The zero-order valence-electron chi connectivity index (χ0n) is 13.8. The van der Waals surface area contributed by atoms with Gasteiger partial charge in [-0.2, -0.15) is 0 Å². The van der Waals surface area contributed by atoms with Crippen molar-refractivity contribution in [2.45, 2.75) is 56.8 Å². The first-order valence-corrected chi connectivity index (χ1v) is 9.10. The fraction of sp³-hybridized carbons (Fsp3) is 0.824. The van der Waals surface area contributed by atoms with E-state index in [1.807, 2.05) is 0 Å². The molecule has 4 rings (SSSR count). The number of likely N-dealkylation sites (tertiary alicyclic amines) is 1. The van der Waals surface area contributed by atoms with E-state index in [-0.39, 0.29) is 60.3 Å². The van der Waals surface area contributed by atoms with Gasteiger partial charge in [-0.25, -0.2) is 0 Å². The van der Waals surface area contributed by atoms with Crippen LogP contribution in [0.25, 0.3) is 0 Å². The summed E-state index contributed by atoms with van der Waals surface area (Å²) < 4.78 is 5.70. The fourth-order valence-electron chi connectivity index (χ4n) is 5.01. The Morgan fingerprint density at radius 1 is 1.08 bits per heavy atom. The van der Waals surface area contributed by atoms with E-state index < -0.39 is 0 Å². The smallest absolute Gasteiger partial charge is 0.240 e. The van der Waals surface area contributed by atoms with Crippen molar-refractivity contribution < 1.29 is 19.1 Å². The highest BCUT2D eigenvalue weighted by molar-refractivity contribution is 6.08. The average molecular weight is 335 g/mol. The van der Waals surface area contributed by atoms with Crippen LogP contribution >= 0.6 is 0 Å². The minimum atomic E-state index is -0.365. The zero-order chi connectivity index (χ0) is 16.8. The number of ether oxygens (including phenoxy) is 1. The van der Waals surface area contributed by atoms with E-state index in [0.717, 1.165) is 43.4 Å². The van der Waals surface area contributed by atoms with Crippen LogP contribution in [0.5, 0.6) is 0 Å². The Balaban J connectivity index is 1.39. The van der Waals surface area contributed by atoms with Crippen molar-refractivity contribution in [3.8, 4) is 0 Å². The van der Waals surface area contributed by atoms with Gasteiger partial charge in [-0.3, -0.25) is 19.3 Å². The van der Waals surface area contributed by atoms with Crippen LogP contribution in [0.4, 0.5) is 0 Å². The molecule has 3 amide bonds. The van der Waals surface area contributed by atoms with Gasteiger partial charge in [-0.15, -0.1) is 0 Å². The molecular formula is C17H25N3O4. The van der Waals surface area contributed by atoms with Crippen molar-refractivity contribution in [3.05, 3.63) is 0 Å². The number of rotatable bonds is 4. The molecule has 0 aromatic rings. The van der Waals surface area contributed by atoms with Gasteiger partial charge >= 0.3 is 0 Å². The molecule has 4 aliphatic rings. The first-order chi connectivity index (χ1) is 11.6. The predicted octanol–water partition coefficient (Wildman–Crippen LogP) is -0.217. The minimum Gasteiger partial charge on any atom is -0.373 e. The highest BCUT2D eigenvalue weighted by atomic mass is 16.5. The second-order valence-electron chi connectivity index (χ2n) is 7.56. The molecule has 0 spiro atoms. The number of fused-ring (bicyclic) bond motifs is 5. The Kier molecular flexibility index (Phi) is 4.08. The van der Waals surface area contributed by atoms with Gasteiger partial charge in [0.05, 0.1) is 24.0 Å². The van der Waals surface area contributed by atoms with Crippen molar-refractivity contribution in [1.29, 1.82) is 0 Å². The lowest BCUT2D eigenvalue weighted by molar-refractivity contribution is -0.146. The summed E-state index contributed by atoms with van der Waals surface area (Å²) in [7, 11) is 0. The van der Waals surface area contributed by atoms with Crippen molar-refractivity contribution in [1.82, 2.24) is 10.2 Å². The molecular weight excluding hydrogens is 310 g/mol. The van der Waals surface area contributed by atoms with Gasteiger partial charge in [0.25, 0.3) is 0 Å². The molecule has 24 heavy (non-hydrogen) atoms. The van der Waals surface area contributed by atoms with E-state index in [0.29, 0.717) is 6.54 Å². The molecule has 6 unspecified atom stereocenters. The van der Waals surface area contributed by atoms with Crippen LogP contribution in [-0.4, -0.2) is 54.0 Å². The molecule has 4 fully saturated rings. The lowest BCUT2D eigenvalue weighted by Gasteiger charge is -2.31. The van der Waals surface area contributed by atoms with Crippen molar-refractivity contribution in [2.75, 3.05) is 13.1 Å². The number of hydrogen-bond donors (Lipinski definition) is 2. The van der Waals surface area contributed by atoms with Gasteiger partial charge in [0, 0.05) is 6.04 Å². The summed E-state index contributed by atoms with van der Waals surface area (Å²) in [5, 5.41) is 3.00. The summed E-state index contributed by atoms with van der Waals surface area (Å²) >= 11 is 0. The van der Waals surface area contributed by atoms with E-state index in [9.17, 15) is 14.4 Å². The van der Waals surface area contributed by atoms with Gasteiger partial charge in [0.1, 0.15) is 6.54 Å². The van der Waals surface area contributed by atoms with E-state index >= 15 is 0 Å². The molecule has 7 heteroatoms. The highest BCUT2D eigenvalue weighted by Gasteiger charge is 2.62. The van der Waals surface area contributed by atoms with Crippen LogP contribution in [0.15, 0.2) is 0 Å². The van der Waals surface area contributed by atoms with Gasteiger partial charge in [-0.05, 0) is 38.1 Å². The highest BCUT2D eigenvalue weighted by Crippen LogP contribution is 2.48. The number of nitrogens with two attached hydrogens (primary N) is 1. The summed E-state index contributed by atoms with van der Waals surface area (Å²) in [6.45, 7) is 0.384. The normalized spacial score (nSPS) is 41.0. The van der Waals surface area contributed by atoms with Crippen LogP contribution < -0.4 is 11.1 Å². The van der Waals surface area contributed by atoms with Gasteiger partial charge in [0.2, 0.25) is 17.7 Å². The fourth-order valence-corrected chi connectivity index (χ4v) is 5.01. The maximum Gasteiger partial charge on any atom is 0.240 e. The van der Waals surface area contributed by atoms with Crippen LogP contribution in [0.3, 0.4) is 0 Å². The molecule has 1 saturated carbocycles. The first kappa shape index (κ1) is 16.0. The number of carbonyl (C=O) groups excluding carboxylic acids is 3. The summed E-state index contributed by atoms with van der Waals surface area (Å²) in [6, 6.07) is 0.0584. The minimum absolute atomic E-state index is 0.0584. The Labute approximate surface area is 141 Å². The lowest BCUT2D eigenvalue weighted by atomic mass is 9.81. The second-order valence-corrected chi connectivity index (χ2v) is 7.56. The maximum absolute atomic E-state index is 12.6. The molecule has 0 aromatic heterocycles. The molecule has 3 N–H and O–H groups in total. The topological polar surface area (TPSA) is 102 Å². The Hall–Kier alpha value is -1.47. The largest absolute Gasteiger partial charge is 0.373 e. The van der Waals surface area contributed by atoms with Crippen molar-refractivity contribution in [3.63, 3.8) is 0 Å². The third-order valence-corrected chi connectivity index (χ3v) is 6.24. The van der Waals surface area contributed by atoms with E-state index in [4.69, 9.17) is 10.5 Å². The lowest BCUT2D eigenvalue weighted by Crippen LogP contribution is -2.49. The third-order valence-electron chi connectivity index (χ3n) is 6.24. The number of amides is 3. The second kappa shape index (κ2) is 6.11. The Bertz CT molecular complexity index is 538. The van der Waals surface area contributed by atoms with E-state index in [2.05, 4.69) is 5.32 Å². The van der Waals surface area contributed by atoms with Crippen molar-refractivity contribution >= 4 is 17.7 Å². The van der Waals surface area contributed by atoms with E-state index in [1.54, 1.807) is 0 Å². The Morgan fingerprint density at radius 3 is 2.33 bits per heavy atom. The maximum atomic E-state index is 12.6. The molecule has 3 aliphatic heterocycles. The quantitative estimate of drug-likeness (QED) is 0.692. The molecule has 2 bridgehead atoms. The van der Waals surface area contributed by atoms with Crippen molar-refractivity contribution in [2.24, 2.45) is 23.5 Å². The van der Waals surface area contributed by atoms with Gasteiger partial charge in [-0.1, -0.05) is 12.8 Å². The number of hydrogen-bond acceptors (Lipinski definition) is 5. The number of nitrogens with one attached hydrogen (secondary N) is 1. The molecule has 1 aliphatic carbocycles. The average Bonchev–Trinajstić information content (AvgIpc) is 3.25. The number of carbonyl (C=O) groups is 3. The molecule has 0 aromatic carbocycles. The summed E-state index contributed by atoms with van der Waals surface area (Å²) in [4.78, 5) is 38.7. The predicted molar refractivity (Wildman–Crippen MR) is 84.5 cm³/mol. The van der Waals surface area contributed by atoms with E-state index in [1.165, 1.54) is 0 Å². The van der Waals surface area contributed by atoms with Crippen LogP contribution in [0, 0.1) is 17.8 Å². The summed E-state index contributed by atoms with van der Waals surface area (Å²) in [6.07, 6.45) is 5.56.